The number of halogens is 1. The van der Waals surface area contributed by atoms with Gasteiger partial charge in [0.2, 0.25) is 5.13 Å². The van der Waals surface area contributed by atoms with E-state index in [2.05, 4.69) is 43.1 Å². The zero-order valence-electron chi connectivity index (χ0n) is 15.6. The molecule has 2 aromatic carbocycles. The fourth-order valence-corrected chi connectivity index (χ4v) is 4.58. The predicted molar refractivity (Wildman–Crippen MR) is 118 cm³/mol. The van der Waals surface area contributed by atoms with Crippen LogP contribution in [-0.2, 0) is 16.4 Å². The number of carbonyl (C=O) groups is 1. The number of aryl methyl sites for hydroxylation is 1. The molecule has 10 heteroatoms. The minimum atomic E-state index is -3.83. The van der Waals surface area contributed by atoms with Crippen molar-refractivity contribution in [2.24, 2.45) is 0 Å². The van der Waals surface area contributed by atoms with Gasteiger partial charge in [0.25, 0.3) is 15.9 Å². The van der Waals surface area contributed by atoms with E-state index in [1.165, 1.54) is 29.5 Å². The summed E-state index contributed by atoms with van der Waals surface area (Å²) >= 11 is 4.63. The first-order chi connectivity index (χ1) is 13.9. The Hall–Kier alpha value is -2.30. The van der Waals surface area contributed by atoms with Gasteiger partial charge in [-0.05, 0) is 48.9 Å². The maximum absolute atomic E-state index is 12.6. The molecule has 2 N–H and O–H groups in total. The molecule has 0 radical (unpaired) electrons. The fraction of sp³-hybridized carbons (Fsp3) is 0.211. The first-order valence-corrected chi connectivity index (χ1v) is 12.0. The monoisotopic (exact) mass is 494 g/mol. The highest BCUT2D eigenvalue weighted by Crippen LogP contribution is 2.21. The minimum Gasteiger partial charge on any atom is -0.296 e. The van der Waals surface area contributed by atoms with Crippen molar-refractivity contribution in [2.45, 2.75) is 31.1 Å². The Morgan fingerprint density at radius 1 is 1.14 bits per heavy atom. The SMILES string of the molecule is CCCCc1nnc(NC(=O)c2cccc(S(=O)(=O)Nc3ccc(Br)cc3)c2)s1. The second kappa shape index (κ2) is 9.47. The zero-order chi connectivity index (χ0) is 20.9. The number of unbranched alkanes of at least 4 members (excludes halogenated alkanes) is 1. The normalized spacial score (nSPS) is 11.2. The maximum atomic E-state index is 12.6. The molecule has 1 heterocycles. The van der Waals surface area contributed by atoms with Crippen LogP contribution < -0.4 is 10.0 Å². The van der Waals surface area contributed by atoms with E-state index in [4.69, 9.17) is 0 Å². The fourth-order valence-electron chi connectivity index (χ4n) is 2.44. The first kappa shape index (κ1) is 21.4. The number of carbonyl (C=O) groups excluding carboxylic acids is 1. The minimum absolute atomic E-state index is 0.00559. The van der Waals surface area contributed by atoms with Crippen molar-refractivity contribution < 1.29 is 13.2 Å². The van der Waals surface area contributed by atoms with Crippen molar-refractivity contribution in [3.63, 3.8) is 0 Å². The van der Waals surface area contributed by atoms with Gasteiger partial charge in [0.15, 0.2) is 0 Å². The summed E-state index contributed by atoms with van der Waals surface area (Å²) in [5, 5.41) is 12.0. The van der Waals surface area contributed by atoms with Gasteiger partial charge in [-0.15, -0.1) is 10.2 Å². The van der Waals surface area contributed by atoms with Crippen molar-refractivity contribution in [1.29, 1.82) is 0 Å². The molecule has 1 amide bonds. The van der Waals surface area contributed by atoms with E-state index >= 15 is 0 Å². The number of aromatic nitrogens is 2. The molecule has 0 saturated carbocycles. The van der Waals surface area contributed by atoms with Crippen LogP contribution in [0.2, 0.25) is 0 Å². The molecule has 7 nitrogen and oxygen atoms in total. The van der Waals surface area contributed by atoms with Gasteiger partial charge < -0.3 is 0 Å². The van der Waals surface area contributed by atoms with Gasteiger partial charge in [0, 0.05) is 22.1 Å². The second-order valence-electron chi connectivity index (χ2n) is 6.20. The molecule has 0 bridgehead atoms. The third kappa shape index (κ3) is 5.84. The molecule has 152 valence electrons. The molecule has 29 heavy (non-hydrogen) atoms. The van der Waals surface area contributed by atoms with E-state index in [0.717, 1.165) is 28.7 Å². The number of hydrogen-bond donors (Lipinski definition) is 2. The van der Waals surface area contributed by atoms with Crippen LogP contribution in [-0.4, -0.2) is 24.5 Å². The number of anilines is 2. The Bertz CT molecular complexity index is 1100. The lowest BCUT2D eigenvalue weighted by atomic mass is 10.2. The highest BCUT2D eigenvalue weighted by molar-refractivity contribution is 9.10. The Balaban J connectivity index is 1.73. The van der Waals surface area contributed by atoms with Crippen LogP contribution in [0.15, 0.2) is 57.9 Å². The third-order valence-corrected chi connectivity index (χ3v) is 6.74. The molecule has 0 fully saturated rings. The number of nitrogens with zero attached hydrogens (tertiary/aromatic N) is 2. The molecule has 1 aromatic heterocycles. The average Bonchev–Trinajstić information content (AvgIpc) is 3.15. The highest BCUT2D eigenvalue weighted by Gasteiger charge is 2.17. The lowest BCUT2D eigenvalue weighted by Gasteiger charge is -2.09. The van der Waals surface area contributed by atoms with E-state index in [1.807, 2.05) is 0 Å². The van der Waals surface area contributed by atoms with E-state index in [-0.39, 0.29) is 10.5 Å². The molecule has 0 aliphatic carbocycles. The van der Waals surface area contributed by atoms with Gasteiger partial charge in [-0.1, -0.05) is 46.7 Å². The summed E-state index contributed by atoms with van der Waals surface area (Å²) in [5.74, 6) is -0.441. The van der Waals surface area contributed by atoms with Crippen LogP contribution in [0.1, 0.15) is 35.1 Å². The summed E-state index contributed by atoms with van der Waals surface area (Å²) in [7, 11) is -3.83. The van der Waals surface area contributed by atoms with Gasteiger partial charge in [-0.2, -0.15) is 0 Å². The molecule has 0 aliphatic heterocycles. The van der Waals surface area contributed by atoms with Crippen molar-refractivity contribution in [3.8, 4) is 0 Å². The summed E-state index contributed by atoms with van der Waals surface area (Å²) in [6, 6.07) is 12.6. The molecular weight excluding hydrogens is 476 g/mol. The molecule has 0 spiro atoms. The molecule has 3 rings (SSSR count). The van der Waals surface area contributed by atoms with Crippen LogP contribution in [0.3, 0.4) is 0 Å². The standard InChI is InChI=1S/C19H19BrN4O3S2/c1-2-3-7-17-22-23-19(28-17)21-18(25)13-5-4-6-16(12-13)29(26,27)24-15-10-8-14(20)9-11-15/h4-6,8-12,24H,2-3,7H2,1H3,(H,21,23,25). The smallest absolute Gasteiger partial charge is 0.261 e. The third-order valence-electron chi connectivity index (χ3n) is 3.93. The molecule has 0 aliphatic rings. The van der Waals surface area contributed by atoms with Crippen LogP contribution in [0.4, 0.5) is 10.8 Å². The Morgan fingerprint density at radius 3 is 2.62 bits per heavy atom. The number of sulfonamides is 1. The molecule has 0 atom stereocenters. The van der Waals surface area contributed by atoms with Gasteiger partial charge in [0.05, 0.1) is 4.90 Å². The van der Waals surface area contributed by atoms with Gasteiger partial charge in [-0.25, -0.2) is 8.42 Å². The first-order valence-electron chi connectivity index (χ1n) is 8.89. The van der Waals surface area contributed by atoms with E-state index in [0.29, 0.717) is 10.8 Å². The summed E-state index contributed by atoms with van der Waals surface area (Å²) in [5.41, 5.74) is 0.644. The van der Waals surface area contributed by atoms with Crippen molar-refractivity contribution in [2.75, 3.05) is 10.0 Å². The van der Waals surface area contributed by atoms with Crippen LogP contribution in [0.5, 0.6) is 0 Å². The summed E-state index contributed by atoms with van der Waals surface area (Å²) in [6.07, 6.45) is 2.88. The number of hydrogen-bond acceptors (Lipinski definition) is 6. The lowest BCUT2D eigenvalue weighted by molar-refractivity contribution is 0.102. The van der Waals surface area contributed by atoms with E-state index in [1.54, 1.807) is 30.3 Å². The van der Waals surface area contributed by atoms with Crippen LogP contribution >= 0.6 is 27.3 Å². The van der Waals surface area contributed by atoms with Gasteiger partial charge >= 0.3 is 0 Å². The quantitative estimate of drug-likeness (QED) is 0.472. The van der Waals surface area contributed by atoms with Crippen LogP contribution in [0, 0.1) is 0 Å². The lowest BCUT2D eigenvalue weighted by Crippen LogP contribution is -2.16. The summed E-state index contributed by atoms with van der Waals surface area (Å²) in [6.45, 7) is 2.09. The Kier molecular flexibility index (Phi) is 6.99. The Labute approximate surface area is 181 Å². The predicted octanol–water partition coefficient (Wildman–Crippen LogP) is 4.70. The molecule has 0 unspecified atom stereocenters. The average molecular weight is 495 g/mol. The topological polar surface area (TPSA) is 101 Å². The molecule has 0 saturated heterocycles. The van der Waals surface area contributed by atoms with Gasteiger partial charge in [0.1, 0.15) is 5.01 Å². The van der Waals surface area contributed by atoms with Gasteiger partial charge in [-0.3, -0.25) is 14.8 Å². The van der Waals surface area contributed by atoms with E-state index < -0.39 is 15.9 Å². The maximum Gasteiger partial charge on any atom is 0.261 e. The van der Waals surface area contributed by atoms with Crippen LogP contribution in [0.25, 0.3) is 0 Å². The number of nitrogens with one attached hydrogen (secondary N) is 2. The number of rotatable bonds is 8. The highest BCUT2D eigenvalue weighted by atomic mass is 79.9. The zero-order valence-corrected chi connectivity index (χ0v) is 18.8. The molecular formula is C19H19BrN4O3S2. The number of benzene rings is 2. The Morgan fingerprint density at radius 2 is 1.90 bits per heavy atom. The van der Waals surface area contributed by atoms with E-state index in [9.17, 15) is 13.2 Å². The molecule has 3 aromatic rings. The van der Waals surface area contributed by atoms with Crippen molar-refractivity contribution >= 4 is 54.0 Å². The largest absolute Gasteiger partial charge is 0.296 e. The summed E-state index contributed by atoms with van der Waals surface area (Å²) in [4.78, 5) is 12.5. The van der Waals surface area contributed by atoms with Crippen molar-refractivity contribution in [1.82, 2.24) is 10.2 Å². The van der Waals surface area contributed by atoms with Crippen molar-refractivity contribution in [3.05, 3.63) is 63.6 Å². The second-order valence-corrected chi connectivity index (χ2v) is 9.86. The number of amides is 1. The summed E-state index contributed by atoms with van der Waals surface area (Å²) < 4.78 is 28.6.